The van der Waals surface area contributed by atoms with Crippen LogP contribution in [0.25, 0.3) is 0 Å². The van der Waals surface area contributed by atoms with Gasteiger partial charge in [0.1, 0.15) is 13.6 Å². The highest BCUT2D eigenvalue weighted by atomic mass is 27.0. The van der Waals surface area contributed by atoms with Crippen LogP contribution in [0.15, 0.2) is 0 Å². The summed E-state index contributed by atoms with van der Waals surface area (Å²) >= 11 is 0. The minimum absolute atomic E-state index is 0. The maximum Gasteiger partial charge on any atom is 0.106 e. The molecule has 0 amide bonds. The van der Waals surface area contributed by atoms with Crippen LogP contribution in [0, 0.1) is 0 Å². The molecule has 0 atom stereocenters. The highest BCUT2D eigenvalue weighted by molar-refractivity contribution is 5.75. The van der Waals surface area contributed by atoms with Crippen LogP contribution >= 0.6 is 0 Å². The van der Waals surface area contributed by atoms with Crippen molar-refractivity contribution in [1.29, 1.82) is 0 Å². The van der Waals surface area contributed by atoms with Gasteiger partial charge >= 0.3 is 0 Å². The predicted molar refractivity (Wildman–Crippen MR) is 20.0 cm³/mol. The van der Waals surface area contributed by atoms with Crippen LogP contribution in [0.2, 0.25) is 0 Å². The zero-order valence-corrected chi connectivity index (χ0v) is 3.96. The van der Waals surface area contributed by atoms with E-state index in [1.165, 1.54) is 0 Å². The first kappa shape index (κ1) is 20.8. The fraction of sp³-hybridized carbons (Fsp3) is 0. The molecule has 0 heterocycles. The summed E-state index contributed by atoms with van der Waals surface area (Å²) < 4.78 is 0. The van der Waals surface area contributed by atoms with E-state index in [0.717, 1.165) is 0 Å². The molecule has 0 bridgehead atoms. The Morgan fingerprint density at radius 2 is 0.800 bits per heavy atom. The van der Waals surface area contributed by atoms with Crippen molar-refractivity contribution in [1.82, 2.24) is 0 Å². The van der Waals surface area contributed by atoms with Gasteiger partial charge in [-0.2, -0.15) is 0 Å². The van der Waals surface area contributed by atoms with Gasteiger partial charge in [0.25, 0.3) is 0 Å². The first-order valence-corrected chi connectivity index (χ1v) is 0.577. The molecule has 0 aromatic rings. The second-order valence-corrected chi connectivity index (χ2v) is 0. The monoisotopic (exact) mass is 87.0 g/mol. The summed E-state index contributed by atoms with van der Waals surface area (Å²) in [7, 11) is 0. The van der Waals surface area contributed by atoms with E-state index in [2.05, 4.69) is 0 Å². The molecule has 2 nitrogen and oxygen atoms in total. The number of rotatable bonds is 0. The molecule has 3 heteroatoms. The maximum atomic E-state index is 8.00. The van der Waals surface area contributed by atoms with Crippen molar-refractivity contribution in [2.24, 2.45) is 0 Å². The maximum absolute atomic E-state index is 8.00. The Balaban J connectivity index is -0.0000000133. The molecule has 0 fully saturated rings. The first-order chi connectivity index (χ1) is 2.00. The molecule has 0 aliphatic carbocycles. The van der Waals surface area contributed by atoms with Crippen LogP contribution in [0.3, 0.4) is 0 Å². The minimum atomic E-state index is 0. The van der Waals surface area contributed by atoms with Crippen LogP contribution in [0.4, 0.5) is 0 Å². The molecule has 0 rings (SSSR count). The summed E-state index contributed by atoms with van der Waals surface area (Å²) in [5.74, 6) is 0. The smallest absolute Gasteiger partial charge is 0.106 e. The molecular weight excluding hydrogens is 83.0 g/mol. The lowest BCUT2D eigenvalue weighted by atomic mass is 11.9. The van der Waals surface area contributed by atoms with E-state index < -0.39 is 0 Å². The van der Waals surface area contributed by atoms with E-state index in [0.29, 0.717) is 0 Å². The number of hydrogen-bond donors (Lipinski definition) is 0. The SMILES string of the molecule is C=O.C=O.[Al]. The number of hydrogen-bond acceptors (Lipinski definition) is 2. The lowest BCUT2D eigenvalue weighted by Crippen LogP contribution is -0.925. The molecule has 0 N–H and O–H groups in total. The quantitative estimate of drug-likeness (QED) is 0.364. The van der Waals surface area contributed by atoms with Gasteiger partial charge in [-0.25, -0.2) is 0 Å². The zero-order chi connectivity index (χ0) is 4.00. The van der Waals surface area contributed by atoms with Crippen molar-refractivity contribution in [3.63, 3.8) is 0 Å². The van der Waals surface area contributed by atoms with E-state index in [4.69, 9.17) is 9.59 Å². The summed E-state index contributed by atoms with van der Waals surface area (Å²) in [4.78, 5) is 16.0. The topological polar surface area (TPSA) is 34.1 Å². The van der Waals surface area contributed by atoms with Crippen LogP contribution in [-0.2, 0) is 9.59 Å². The molecule has 0 aliphatic rings. The lowest BCUT2D eigenvalue weighted by molar-refractivity contribution is -0.0987. The van der Waals surface area contributed by atoms with Crippen molar-refractivity contribution in [3.05, 3.63) is 0 Å². The Hall–Kier alpha value is -0.128. The van der Waals surface area contributed by atoms with Crippen molar-refractivity contribution >= 4 is 30.9 Å². The van der Waals surface area contributed by atoms with Gasteiger partial charge in [0.2, 0.25) is 0 Å². The molecule has 5 heavy (non-hydrogen) atoms. The predicted octanol–water partition coefficient (Wildman–Crippen LogP) is -0.751. The zero-order valence-electron chi connectivity index (χ0n) is 2.81. The summed E-state index contributed by atoms with van der Waals surface area (Å²) in [5.41, 5.74) is 0. The second-order valence-electron chi connectivity index (χ2n) is 0. The van der Waals surface area contributed by atoms with Gasteiger partial charge in [-0.15, -0.1) is 0 Å². The Bertz CT molecular complexity index is 9.61. The fourth-order valence-electron chi connectivity index (χ4n) is 0. The third kappa shape index (κ3) is 835. The highest BCUT2D eigenvalue weighted by Crippen LogP contribution is 0.496. The van der Waals surface area contributed by atoms with E-state index in [1.807, 2.05) is 13.6 Å². The van der Waals surface area contributed by atoms with Crippen LogP contribution in [0.5, 0.6) is 0 Å². The van der Waals surface area contributed by atoms with Gasteiger partial charge < -0.3 is 9.59 Å². The average molecular weight is 87.0 g/mol. The number of carbonyl (C=O) groups excluding carboxylic acids is 2. The molecule has 0 saturated carbocycles. The van der Waals surface area contributed by atoms with E-state index >= 15 is 0 Å². The molecule has 0 saturated heterocycles. The minimum Gasteiger partial charge on any atom is -0.307 e. The third-order valence-corrected chi connectivity index (χ3v) is 0. The summed E-state index contributed by atoms with van der Waals surface area (Å²) in [6.07, 6.45) is 0. The average Bonchev–Trinajstić information content (AvgIpc) is 1.50. The van der Waals surface area contributed by atoms with Crippen molar-refractivity contribution in [2.45, 2.75) is 0 Å². The van der Waals surface area contributed by atoms with Crippen molar-refractivity contribution in [3.8, 4) is 0 Å². The largest absolute Gasteiger partial charge is 0.307 e. The Morgan fingerprint density at radius 1 is 0.800 bits per heavy atom. The normalized spacial score (nSPS) is 1.60. The summed E-state index contributed by atoms with van der Waals surface area (Å²) in [6.45, 7) is 4.00. The molecule has 0 spiro atoms. The van der Waals surface area contributed by atoms with E-state index in [9.17, 15) is 0 Å². The lowest BCUT2D eigenvalue weighted by Gasteiger charge is -0.837. The summed E-state index contributed by atoms with van der Waals surface area (Å²) in [6, 6.07) is 0. The molecule has 0 aromatic carbocycles. The molecule has 0 unspecified atom stereocenters. The second kappa shape index (κ2) is 1960. The number of carbonyl (C=O) groups is 2. The van der Waals surface area contributed by atoms with Gasteiger partial charge in [-0.1, -0.05) is 0 Å². The van der Waals surface area contributed by atoms with E-state index in [-0.39, 0.29) is 17.4 Å². The van der Waals surface area contributed by atoms with Crippen LogP contribution in [-0.4, -0.2) is 30.9 Å². The van der Waals surface area contributed by atoms with E-state index in [1.54, 1.807) is 0 Å². The van der Waals surface area contributed by atoms with Gasteiger partial charge in [-0.3, -0.25) is 0 Å². The van der Waals surface area contributed by atoms with Crippen molar-refractivity contribution < 1.29 is 9.59 Å². The standard InChI is InChI=1S/2CH2O.Al/c2*1-2;/h2*1H2;. The van der Waals surface area contributed by atoms with Gasteiger partial charge in [0.15, 0.2) is 0 Å². The fourth-order valence-corrected chi connectivity index (χ4v) is 0. The highest BCUT2D eigenvalue weighted by Gasteiger charge is 0.638. The molecule has 27 valence electrons. The molecule has 0 aliphatic heterocycles. The Kier molecular flexibility index (Phi) is 8190. The first-order valence-electron chi connectivity index (χ1n) is 0.577. The van der Waals surface area contributed by atoms with Crippen LogP contribution in [0.1, 0.15) is 0 Å². The van der Waals surface area contributed by atoms with Gasteiger partial charge in [-0.05, 0) is 0 Å². The Morgan fingerprint density at radius 3 is 0.800 bits per heavy atom. The molecule has 3 radical (unpaired) electrons. The van der Waals surface area contributed by atoms with Gasteiger partial charge in [0, 0.05) is 17.4 Å². The summed E-state index contributed by atoms with van der Waals surface area (Å²) in [5, 5.41) is 0. The Labute approximate surface area is 41.3 Å². The molecular formula is C2H4AlO2. The van der Waals surface area contributed by atoms with Crippen LogP contribution < -0.4 is 0 Å². The molecule has 0 aromatic heterocycles. The van der Waals surface area contributed by atoms with Gasteiger partial charge in [0.05, 0.1) is 0 Å². The third-order valence-electron chi connectivity index (χ3n) is 0. The van der Waals surface area contributed by atoms with Crippen molar-refractivity contribution in [2.75, 3.05) is 0 Å².